The lowest BCUT2D eigenvalue weighted by atomic mass is 10.2. The lowest BCUT2D eigenvalue weighted by Gasteiger charge is -2.15. The Morgan fingerprint density at radius 2 is 2.17 bits per heavy atom. The molecule has 0 aromatic heterocycles. The molecule has 0 saturated carbocycles. The zero-order valence-corrected chi connectivity index (χ0v) is 7.49. The van der Waals surface area contributed by atoms with E-state index in [1.807, 2.05) is 6.92 Å². The first-order valence-corrected chi connectivity index (χ1v) is 4.12. The molecule has 0 rings (SSSR count). The average Bonchev–Trinajstić information content (AvgIpc) is 1.96. The second kappa shape index (κ2) is 5.97. The summed E-state index contributed by atoms with van der Waals surface area (Å²) in [6.45, 7) is 3.78. The van der Waals surface area contributed by atoms with Crippen molar-refractivity contribution in [2.24, 2.45) is 0 Å². The third-order valence-electron chi connectivity index (χ3n) is 1.48. The molecule has 4 heteroatoms. The number of ether oxygens (including phenoxy) is 1. The highest BCUT2D eigenvalue weighted by Crippen LogP contribution is 2.01. The third kappa shape index (κ3) is 4.31. The highest BCUT2D eigenvalue weighted by molar-refractivity contribution is 5.72. The van der Waals surface area contributed by atoms with Crippen LogP contribution in [0.2, 0.25) is 0 Å². The molecule has 0 amide bonds. The standard InChI is InChI=1S/C8H16O4/c1-3-4-5-12-7(6(2)9)8(10)11/h6-7,9H,3-5H2,1-2H3,(H,10,11). The Morgan fingerprint density at radius 3 is 2.50 bits per heavy atom. The molecule has 0 radical (unpaired) electrons. The van der Waals surface area contributed by atoms with E-state index in [0.29, 0.717) is 6.61 Å². The fourth-order valence-corrected chi connectivity index (χ4v) is 0.772. The molecule has 0 heterocycles. The average molecular weight is 176 g/mol. The predicted molar refractivity (Wildman–Crippen MR) is 44.0 cm³/mol. The first-order valence-electron chi connectivity index (χ1n) is 4.12. The van der Waals surface area contributed by atoms with E-state index in [0.717, 1.165) is 12.8 Å². The number of carboxylic acid groups (broad SMARTS) is 1. The van der Waals surface area contributed by atoms with Crippen LogP contribution < -0.4 is 0 Å². The van der Waals surface area contributed by atoms with Crippen molar-refractivity contribution >= 4 is 5.97 Å². The summed E-state index contributed by atoms with van der Waals surface area (Å²) < 4.78 is 4.96. The number of aliphatic hydroxyl groups excluding tert-OH is 1. The highest BCUT2D eigenvalue weighted by atomic mass is 16.5. The number of hydrogen-bond donors (Lipinski definition) is 2. The maximum atomic E-state index is 10.5. The maximum absolute atomic E-state index is 10.5. The minimum absolute atomic E-state index is 0.387. The van der Waals surface area contributed by atoms with Gasteiger partial charge in [0.05, 0.1) is 6.10 Å². The molecule has 0 aliphatic carbocycles. The molecule has 0 aliphatic rings. The Kier molecular flexibility index (Phi) is 5.66. The molecule has 2 N–H and O–H groups in total. The van der Waals surface area contributed by atoms with E-state index in [4.69, 9.17) is 14.9 Å². The number of hydrogen-bond acceptors (Lipinski definition) is 3. The van der Waals surface area contributed by atoms with Crippen molar-refractivity contribution in [3.05, 3.63) is 0 Å². The van der Waals surface area contributed by atoms with Crippen LogP contribution in [0.3, 0.4) is 0 Å². The van der Waals surface area contributed by atoms with Gasteiger partial charge >= 0.3 is 5.97 Å². The second-order valence-electron chi connectivity index (χ2n) is 2.72. The summed E-state index contributed by atoms with van der Waals surface area (Å²) in [5.41, 5.74) is 0. The second-order valence-corrected chi connectivity index (χ2v) is 2.72. The normalized spacial score (nSPS) is 15.6. The van der Waals surface area contributed by atoms with Crippen LogP contribution in [0.1, 0.15) is 26.7 Å². The van der Waals surface area contributed by atoms with Crippen molar-refractivity contribution in [3.8, 4) is 0 Å². The van der Waals surface area contributed by atoms with Crippen molar-refractivity contribution < 1.29 is 19.7 Å². The van der Waals surface area contributed by atoms with Gasteiger partial charge < -0.3 is 14.9 Å². The molecule has 0 aliphatic heterocycles. The van der Waals surface area contributed by atoms with Gasteiger partial charge in [-0.1, -0.05) is 13.3 Å². The van der Waals surface area contributed by atoms with Crippen LogP contribution in [0.15, 0.2) is 0 Å². The molecule has 0 aromatic carbocycles. The molecule has 0 bridgehead atoms. The molecule has 0 saturated heterocycles. The van der Waals surface area contributed by atoms with Crippen molar-refractivity contribution in [2.45, 2.75) is 38.9 Å². The molecule has 0 spiro atoms. The van der Waals surface area contributed by atoms with E-state index >= 15 is 0 Å². The Hall–Kier alpha value is -0.610. The van der Waals surface area contributed by atoms with E-state index in [1.165, 1.54) is 6.92 Å². The van der Waals surface area contributed by atoms with Crippen molar-refractivity contribution in [2.75, 3.05) is 6.61 Å². The van der Waals surface area contributed by atoms with Gasteiger partial charge in [-0.05, 0) is 13.3 Å². The van der Waals surface area contributed by atoms with Crippen LogP contribution in [0, 0.1) is 0 Å². The van der Waals surface area contributed by atoms with Gasteiger partial charge in [0.1, 0.15) is 0 Å². The molecule has 0 fully saturated rings. The predicted octanol–water partition coefficient (Wildman–Crippen LogP) is 0.637. The van der Waals surface area contributed by atoms with Gasteiger partial charge in [-0.2, -0.15) is 0 Å². The Bertz CT molecular complexity index is 133. The molecule has 72 valence electrons. The van der Waals surface area contributed by atoms with E-state index in [9.17, 15) is 4.79 Å². The summed E-state index contributed by atoms with van der Waals surface area (Å²) in [4.78, 5) is 10.5. The first kappa shape index (κ1) is 11.4. The lowest BCUT2D eigenvalue weighted by molar-refractivity contribution is -0.157. The minimum atomic E-state index is -1.11. The van der Waals surface area contributed by atoms with Crippen LogP contribution in [0.4, 0.5) is 0 Å². The molecule has 2 unspecified atom stereocenters. The van der Waals surface area contributed by atoms with E-state index in [-0.39, 0.29) is 0 Å². The summed E-state index contributed by atoms with van der Waals surface area (Å²) in [5, 5.41) is 17.5. The zero-order valence-electron chi connectivity index (χ0n) is 7.49. The van der Waals surface area contributed by atoms with E-state index < -0.39 is 18.2 Å². The molecule has 4 nitrogen and oxygen atoms in total. The van der Waals surface area contributed by atoms with Gasteiger partial charge in [-0.3, -0.25) is 0 Å². The van der Waals surface area contributed by atoms with Crippen LogP contribution in [0.25, 0.3) is 0 Å². The smallest absolute Gasteiger partial charge is 0.335 e. The monoisotopic (exact) mass is 176 g/mol. The number of aliphatic hydroxyl groups is 1. The minimum Gasteiger partial charge on any atom is -0.479 e. The van der Waals surface area contributed by atoms with Crippen LogP contribution >= 0.6 is 0 Å². The fourth-order valence-electron chi connectivity index (χ4n) is 0.772. The molecule has 2 atom stereocenters. The Morgan fingerprint density at radius 1 is 1.58 bits per heavy atom. The quantitative estimate of drug-likeness (QED) is 0.583. The summed E-state index contributed by atoms with van der Waals surface area (Å²) >= 11 is 0. The number of rotatable bonds is 6. The molecular formula is C8H16O4. The third-order valence-corrected chi connectivity index (χ3v) is 1.48. The molecular weight excluding hydrogens is 160 g/mol. The zero-order chi connectivity index (χ0) is 9.56. The first-order chi connectivity index (χ1) is 5.59. The van der Waals surface area contributed by atoms with E-state index in [2.05, 4.69) is 0 Å². The number of carboxylic acids is 1. The summed E-state index contributed by atoms with van der Waals surface area (Å²) in [6.07, 6.45) is -0.279. The van der Waals surface area contributed by atoms with Crippen LogP contribution in [0.5, 0.6) is 0 Å². The van der Waals surface area contributed by atoms with Crippen molar-refractivity contribution in [3.63, 3.8) is 0 Å². The van der Waals surface area contributed by atoms with Gasteiger partial charge in [0.25, 0.3) is 0 Å². The van der Waals surface area contributed by atoms with Crippen molar-refractivity contribution in [1.82, 2.24) is 0 Å². The van der Waals surface area contributed by atoms with Gasteiger partial charge in [0.15, 0.2) is 6.10 Å². The molecule has 12 heavy (non-hydrogen) atoms. The van der Waals surface area contributed by atoms with Gasteiger partial charge in [-0.25, -0.2) is 4.79 Å². The largest absolute Gasteiger partial charge is 0.479 e. The van der Waals surface area contributed by atoms with Crippen LogP contribution in [-0.4, -0.2) is 35.0 Å². The number of unbranched alkanes of at least 4 members (excludes halogenated alkanes) is 1. The fraction of sp³-hybridized carbons (Fsp3) is 0.875. The topological polar surface area (TPSA) is 66.8 Å². The highest BCUT2D eigenvalue weighted by Gasteiger charge is 2.22. The lowest BCUT2D eigenvalue weighted by Crippen LogP contribution is -2.34. The van der Waals surface area contributed by atoms with E-state index in [1.54, 1.807) is 0 Å². The van der Waals surface area contributed by atoms with Crippen molar-refractivity contribution in [1.29, 1.82) is 0 Å². The van der Waals surface area contributed by atoms with Crippen LogP contribution in [-0.2, 0) is 9.53 Å². The van der Waals surface area contributed by atoms with Gasteiger partial charge in [-0.15, -0.1) is 0 Å². The Labute approximate surface area is 72.2 Å². The van der Waals surface area contributed by atoms with Gasteiger partial charge in [0.2, 0.25) is 0 Å². The Balaban J connectivity index is 3.72. The summed E-state index contributed by atoms with van der Waals surface area (Å²) in [5.74, 6) is -1.11. The number of aliphatic carboxylic acids is 1. The summed E-state index contributed by atoms with van der Waals surface area (Å²) in [6, 6.07) is 0. The SMILES string of the molecule is CCCCOC(C(=O)O)C(C)O. The number of carbonyl (C=O) groups is 1. The maximum Gasteiger partial charge on any atom is 0.335 e. The van der Waals surface area contributed by atoms with Gasteiger partial charge in [0, 0.05) is 6.61 Å². The molecule has 0 aromatic rings. The summed E-state index contributed by atoms with van der Waals surface area (Å²) in [7, 11) is 0.